The van der Waals surface area contributed by atoms with Crippen molar-refractivity contribution in [1.29, 1.82) is 0 Å². The van der Waals surface area contributed by atoms with E-state index in [0.717, 1.165) is 35.8 Å². The minimum atomic E-state index is -0.552. The van der Waals surface area contributed by atoms with Crippen molar-refractivity contribution in [3.05, 3.63) is 16.0 Å². The zero-order valence-electron chi connectivity index (χ0n) is 11.4. The third-order valence-electron chi connectivity index (χ3n) is 3.76. The lowest BCUT2D eigenvalue weighted by Crippen LogP contribution is -2.55. The lowest BCUT2D eigenvalue weighted by atomic mass is 9.79. The Morgan fingerprint density at radius 2 is 2.53 bits per heavy atom. The molecular formula is C13H20IN3O2. The molecule has 0 bridgehead atoms. The normalized spacial score (nSPS) is 27.2. The van der Waals surface area contributed by atoms with E-state index in [4.69, 9.17) is 4.74 Å². The van der Waals surface area contributed by atoms with Crippen LogP contribution in [0.4, 0.5) is 0 Å². The Bertz CT molecular complexity index is 445. The topological polar surface area (TPSA) is 56.1 Å². The highest BCUT2D eigenvalue weighted by Crippen LogP contribution is 2.36. The van der Waals surface area contributed by atoms with Crippen LogP contribution in [0.1, 0.15) is 38.6 Å². The van der Waals surface area contributed by atoms with Gasteiger partial charge in [-0.1, -0.05) is 6.92 Å². The second-order valence-electron chi connectivity index (χ2n) is 4.99. The summed E-state index contributed by atoms with van der Waals surface area (Å²) >= 11 is 2.25. The molecule has 1 saturated carbocycles. The summed E-state index contributed by atoms with van der Waals surface area (Å²) < 4.78 is 8.11. The van der Waals surface area contributed by atoms with Crippen LogP contribution in [0.3, 0.4) is 0 Å². The first-order chi connectivity index (χ1) is 9.11. The molecule has 0 aromatic carbocycles. The van der Waals surface area contributed by atoms with Gasteiger partial charge in [0.15, 0.2) is 0 Å². The molecule has 1 N–H and O–H groups in total. The Morgan fingerprint density at radius 1 is 1.74 bits per heavy atom. The van der Waals surface area contributed by atoms with Crippen LogP contribution >= 0.6 is 22.6 Å². The smallest absolute Gasteiger partial charge is 0.326 e. The Hall–Kier alpha value is -0.630. The van der Waals surface area contributed by atoms with Gasteiger partial charge < -0.3 is 10.1 Å². The van der Waals surface area contributed by atoms with E-state index in [1.165, 1.54) is 7.11 Å². The van der Waals surface area contributed by atoms with Crippen LogP contribution in [0.2, 0.25) is 0 Å². The zero-order valence-corrected chi connectivity index (χ0v) is 13.5. The predicted octanol–water partition coefficient (Wildman–Crippen LogP) is 2.12. The summed E-state index contributed by atoms with van der Waals surface area (Å²) in [6, 6.07) is 0.260. The van der Waals surface area contributed by atoms with E-state index in [1.54, 1.807) is 0 Å². The van der Waals surface area contributed by atoms with Crippen LogP contribution in [0, 0.1) is 3.57 Å². The second-order valence-corrected chi connectivity index (χ2v) is 6.24. The number of carbonyl (C=O) groups excluding carboxylic acids is 1. The van der Waals surface area contributed by atoms with E-state index >= 15 is 0 Å². The molecule has 2 atom stereocenters. The molecule has 1 aliphatic carbocycles. The fourth-order valence-electron chi connectivity index (χ4n) is 2.94. The minimum Gasteiger partial charge on any atom is -0.468 e. The maximum atomic E-state index is 12.1. The van der Waals surface area contributed by atoms with Gasteiger partial charge in [-0.3, -0.25) is 9.48 Å². The molecule has 5 nitrogen and oxygen atoms in total. The van der Waals surface area contributed by atoms with Crippen LogP contribution in [-0.2, 0) is 9.53 Å². The number of esters is 1. The third kappa shape index (κ3) is 3.10. The SMILES string of the molecule is CCNC1(C(=O)OC)CCCC(n2cc(I)cn2)C1. The number of likely N-dealkylation sites (N-methyl/N-ethyl adjacent to an activating group) is 1. The summed E-state index contributed by atoms with van der Waals surface area (Å²) in [5.41, 5.74) is -0.552. The average Bonchev–Trinajstić information content (AvgIpc) is 2.85. The van der Waals surface area contributed by atoms with Crippen LogP contribution in [0.15, 0.2) is 12.4 Å². The van der Waals surface area contributed by atoms with E-state index < -0.39 is 5.54 Å². The molecular weight excluding hydrogens is 357 g/mol. The fourth-order valence-corrected chi connectivity index (χ4v) is 3.35. The van der Waals surface area contributed by atoms with Crippen molar-refractivity contribution in [3.63, 3.8) is 0 Å². The van der Waals surface area contributed by atoms with Crippen molar-refractivity contribution in [2.24, 2.45) is 0 Å². The van der Waals surface area contributed by atoms with E-state index in [1.807, 2.05) is 24.0 Å². The summed E-state index contributed by atoms with van der Waals surface area (Å²) in [7, 11) is 1.46. The molecule has 2 unspecified atom stereocenters. The first kappa shape index (κ1) is 14.8. The largest absolute Gasteiger partial charge is 0.468 e. The highest BCUT2D eigenvalue weighted by atomic mass is 127. The maximum Gasteiger partial charge on any atom is 0.326 e. The lowest BCUT2D eigenvalue weighted by molar-refractivity contribution is -0.150. The van der Waals surface area contributed by atoms with Crippen LogP contribution < -0.4 is 5.32 Å². The summed E-state index contributed by atoms with van der Waals surface area (Å²) in [6.07, 6.45) is 7.52. The molecule has 2 rings (SSSR count). The molecule has 0 radical (unpaired) electrons. The number of halogens is 1. The molecule has 0 saturated heterocycles. The number of nitrogens with zero attached hydrogens (tertiary/aromatic N) is 2. The van der Waals surface area contributed by atoms with E-state index in [2.05, 4.69) is 33.0 Å². The average molecular weight is 377 g/mol. The van der Waals surface area contributed by atoms with Gasteiger partial charge >= 0.3 is 5.97 Å². The fraction of sp³-hybridized carbons (Fsp3) is 0.692. The van der Waals surface area contributed by atoms with Gasteiger partial charge in [-0.2, -0.15) is 5.10 Å². The highest BCUT2D eigenvalue weighted by Gasteiger charge is 2.43. The van der Waals surface area contributed by atoms with Gasteiger partial charge in [-0.25, -0.2) is 0 Å². The molecule has 1 aromatic heterocycles. The monoisotopic (exact) mass is 377 g/mol. The van der Waals surface area contributed by atoms with Crippen LogP contribution in [-0.4, -0.2) is 34.9 Å². The van der Waals surface area contributed by atoms with Crippen molar-refractivity contribution in [1.82, 2.24) is 15.1 Å². The molecule has 6 heteroatoms. The van der Waals surface area contributed by atoms with Crippen LogP contribution in [0.25, 0.3) is 0 Å². The van der Waals surface area contributed by atoms with Crippen molar-refractivity contribution in [3.8, 4) is 0 Å². The number of carbonyl (C=O) groups is 1. The summed E-state index contributed by atoms with van der Waals surface area (Å²) in [5, 5.41) is 7.72. The van der Waals surface area contributed by atoms with Gasteiger partial charge in [0.25, 0.3) is 0 Å². The number of hydrogen-bond donors (Lipinski definition) is 1. The number of nitrogens with one attached hydrogen (secondary N) is 1. The van der Waals surface area contributed by atoms with Crippen LogP contribution in [0.5, 0.6) is 0 Å². The van der Waals surface area contributed by atoms with Crippen molar-refractivity contribution in [2.75, 3.05) is 13.7 Å². The Morgan fingerprint density at radius 3 is 3.11 bits per heavy atom. The molecule has 0 spiro atoms. The molecule has 1 aliphatic rings. The zero-order chi connectivity index (χ0) is 13.9. The highest BCUT2D eigenvalue weighted by molar-refractivity contribution is 14.1. The van der Waals surface area contributed by atoms with E-state index in [-0.39, 0.29) is 12.0 Å². The molecule has 1 heterocycles. The lowest BCUT2D eigenvalue weighted by Gasteiger charge is -2.39. The molecule has 106 valence electrons. The van der Waals surface area contributed by atoms with Gasteiger partial charge in [0.1, 0.15) is 5.54 Å². The van der Waals surface area contributed by atoms with Gasteiger partial charge in [0.2, 0.25) is 0 Å². The Labute approximate surface area is 127 Å². The molecule has 1 fully saturated rings. The molecule has 0 amide bonds. The number of aromatic nitrogens is 2. The second kappa shape index (κ2) is 6.21. The van der Waals surface area contributed by atoms with Crippen molar-refractivity contribution < 1.29 is 9.53 Å². The third-order valence-corrected chi connectivity index (χ3v) is 4.32. The summed E-state index contributed by atoms with van der Waals surface area (Å²) in [6.45, 7) is 2.78. The molecule has 0 aliphatic heterocycles. The summed E-state index contributed by atoms with van der Waals surface area (Å²) in [5.74, 6) is -0.152. The van der Waals surface area contributed by atoms with Crippen molar-refractivity contribution in [2.45, 2.75) is 44.2 Å². The van der Waals surface area contributed by atoms with E-state index in [9.17, 15) is 4.79 Å². The van der Waals surface area contributed by atoms with Gasteiger partial charge in [-0.15, -0.1) is 0 Å². The van der Waals surface area contributed by atoms with Crippen molar-refractivity contribution >= 4 is 28.6 Å². The number of rotatable bonds is 4. The van der Waals surface area contributed by atoms with Gasteiger partial charge in [0.05, 0.1) is 22.9 Å². The number of ether oxygens (including phenoxy) is 1. The summed E-state index contributed by atoms with van der Waals surface area (Å²) in [4.78, 5) is 12.1. The number of methoxy groups -OCH3 is 1. The predicted molar refractivity (Wildman–Crippen MR) is 80.9 cm³/mol. The van der Waals surface area contributed by atoms with Gasteiger partial charge in [0, 0.05) is 6.20 Å². The molecule has 19 heavy (non-hydrogen) atoms. The quantitative estimate of drug-likeness (QED) is 0.645. The minimum absolute atomic E-state index is 0.152. The standard InChI is InChI=1S/C13H20IN3O2/c1-3-15-13(12(18)19-2)6-4-5-11(7-13)17-9-10(14)8-16-17/h8-9,11,15H,3-7H2,1-2H3. The maximum absolute atomic E-state index is 12.1. The Kier molecular flexibility index (Phi) is 4.83. The Balaban J connectivity index is 2.19. The van der Waals surface area contributed by atoms with Gasteiger partial charge in [-0.05, 0) is 54.8 Å². The first-order valence-electron chi connectivity index (χ1n) is 6.64. The number of hydrogen-bond acceptors (Lipinski definition) is 4. The van der Waals surface area contributed by atoms with E-state index in [0.29, 0.717) is 0 Å². The molecule has 1 aromatic rings. The first-order valence-corrected chi connectivity index (χ1v) is 7.72.